The van der Waals surface area contributed by atoms with Crippen LogP contribution < -0.4 is 10.2 Å². The smallest absolute Gasteiger partial charge is 0.128 e. The summed E-state index contributed by atoms with van der Waals surface area (Å²) in [7, 11) is 0. The zero-order chi connectivity index (χ0) is 14.3. The average Bonchev–Trinajstić information content (AvgIpc) is 2.57. The van der Waals surface area contributed by atoms with Crippen molar-refractivity contribution in [2.45, 2.75) is 18.9 Å². The van der Waals surface area contributed by atoms with E-state index >= 15 is 0 Å². The molecule has 2 aliphatic rings. The van der Waals surface area contributed by atoms with Gasteiger partial charge in [-0.2, -0.15) is 11.8 Å². The van der Waals surface area contributed by atoms with Gasteiger partial charge in [0.25, 0.3) is 0 Å². The number of piperidine rings is 1. The second-order valence-electron chi connectivity index (χ2n) is 5.86. The van der Waals surface area contributed by atoms with Crippen LogP contribution in [0.4, 0.5) is 5.82 Å². The summed E-state index contributed by atoms with van der Waals surface area (Å²) < 4.78 is 0. The van der Waals surface area contributed by atoms with Crippen molar-refractivity contribution in [1.29, 1.82) is 0 Å². The number of nitrogens with one attached hydrogen (secondary N) is 1. The molecule has 0 bridgehead atoms. The molecule has 2 aliphatic heterocycles. The number of aromatic nitrogens is 1. The van der Waals surface area contributed by atoms with Crippen LogP contribution in [-0.2, 0) is 0 Å². The highest BCUT2D eigenvalue weighted by Gasteiger charge is 2.19. The molecule has 1 aromatic heterocycles. The fraction of sp³-hybridized carbons (Fsp3) is 0.688. The van der Waals surface area contributed by atoms with Crippen LogP contribution in [0.15, 0.2) is 24.4 Å². The third kappa shape index (κ3) is 4.59. The maximum Gasteiger partial charge on any atom is 0.128 e. The minimum absolute atomic E-state index is 0.684. The van der Waals surface area contributed by atoms with Crippen molar-refractivity contribution in [2.75, 3.05) is 55.7 Å². The van der Waals surface area contributed by atoms with Gasteiger partial charge in [0.15, 0.2) is 0 Å². The van der Waals surface area contributed by atoms with Crippen LogP contribution in [0.2, 0.25) is 0 Å². The molecule has 4 nitrogen and oxygen atoms in total. The second-order valence-corrected chi connectivity index (χ2v) is 7.08. The average molecular weight is 306 g/mol. The monoisotopic (exact) mass is 306 g/mol. The molecule has 0 aliphatic carbocycles. The molecule has 116 valence electrons. The van der Waals surface area contributed by atoms with E-state index < -0.39 is 0 Å². The maximum atomic E-state index is 4.45. The summed E-state index contributed by atoms with van der Waals surface area (Å²) in [6.45, 7) is 7.12. The lowest BCUT2D eigenvalue weighted by atomic mass is 10.1. The minimum atomic E-state index is 0.684. The van der Waals surface area contributed by atoms with Gasteiger partial charge in [0.2, 0.25) is 0 Å². The van der Waals surface area contributed by atoms with E-state index in [4.69, 9.17) is 0 Å². The Morgan fingerprint density at radius 1 is 1.14 bits per heavy atom. The van der Waals surface area contributed by atoms with E-state index in [1.165, 1.54) is 44.0 Å². The highest BCUT2D eigenvalue weighted by molar-refractivity contribution is 7.99. The predicted molar refractivity (Wildman–Crippen MR) is 91.2 cm³/mol. The topological polar surface area (TPSA) is 31.4 Å². The van der Waals surface area contributed by atoms with Gasteiger partial charge in [-0.05, 0) is 25.0 Å². The highest BCUT2D eigenvalue weighted by Crippen LogP contribution is 2.17. The summed E-state index contributed by atoms with van der Waals surface area (Å²) in [5.74, 6) is 3.74. The number of anilines is 1. The molecule has 0 saturated carbocycles. The first kappa shape index (κ1) is 15.1. The molecule has 0 spiro atoms. The highest BCUT2D eigenvalue weighted by atomic mass is 32.2. The van der Waals surface area contributed by atoms with Crippen LogP contribution >= 0.6 is 11.8 Å². The standard InChI is InChI=1S/C16H26N4S/c1-2-6-18-16(3-1)20-8-4-15(5-9-20)17-7-10-19-11-13-21-14-12-19/h1-3,6,15,17H,4-5,7-14H2. The van der Waals surface area contributed by atoms with Gasteiger partial charge in [-0.3, -0.25) is 0 Å². The van der Waals surface area contributed by atoms with Gasteiger partial charge in [-0.25, -0.2) is 4.98 Å². The first-order valence-corrected chi connectivity index (χ1v) is 9.27. The van der Waals surface area contributed by atoms with E-state index in [0.29, 0.717) is 6.04 Å². The second kappa shape index (κ2) is 8.01. The molecule has 1 aromatic rings. The molecule has 3 heterocycles. The van der Waals surface area contributed by atoms with E-state index in [1.54, 1.807) is 0 Å². The van der Waals surface area contributed by atoms with Crippen molar-refractivity contribution >= 4 is 17.6 Å². The van der Waals surface area contributed by atoms with Crippen molar-refractivity contribution in [1.82, 2.24) is 15.2 Å². The molecule has 0 amide bonds. The predicted octanol–water partition coefficient (Wildman–Crippen LogP) is 1.69. The Labute approximate surface area is 132 Å². The van der Waals surface area contributed by atoms with Gasteiger partial charge in [-0.15, -0.1) is 0 Å². The number of thioether (sulfide) groups is 1. The molecule has 2 saturated heterocycles. The molecular weight excluding hydrogens is 280 g/mol. The summed E-state index contributed by atoms with van der Waals surface area (Å²) >= 11 is 2.08. The lowest BCUT2D eigenvalue weighted by Crippen LogP contribution is -2.45. The van der Waals surface area contributed by atoms with E-state index in [9.17, 15) is 0 Å². The van der Waals surface area contributed by atoms with Gasteiger partial charge in [0, 0.05) is 63.0 Å². The maximum absolute atomic E-state index is 4.45. The molecule has 0 atom stereocenters. The number of rotatable bonds is 5. The number of hydrogen-bond acceptors (Lipinski definition) is 5. The normalized spacial score (nSPS) is 21.6. The Kier molecular flexibility index (Phi) is 5.77. The molecule has 0 unspecified atom stereocenters. The fourth-order valence-corrected chi connectivity index (χ4v) is 4.08. The first-order chi connectivity index (χ1) is 10.4. The van der Waals surface area contributed by atoms with Gasteiger partial charge in [0.1, 0.15) is 5.82 Å². The van der Waals surface area contributed by atoms with E-state index in [1.807, 2.05) is 12.3 Å². The molecule has 5 heteroatoms. The van der Waals surface area contributed by atoms with Gasteiger partial charge in [0.05, 0.1) is 0 Å². The molecule has 2 fully saturated rings. The number of hydrogen-bond donors (Lipinski definition) is 1. The summed E-state index contributed by atoms with van der Waals surface area (Å²) in [6.07, 6.45) is 4.34. The summed E-state index contributed by atoms with van der Waals surface area (Å²) in [4.78, 5) is 9.44. The fourth-order valence-electron chi connectivity index (χ4n) is 3.11. The molecule has 0 aromatic carbocycles. The van der Waals surface area contributed by atoms with Crippen molar-refractivity contribution in [2.24, 2.45) is 0 Å². The SMILES string of the molecule is c1ccc(N2CCC(NCCN3CCSCC3)CC2)nc1. The molecule has 1 N–H and O–H groups in total. The van der Waals surface area contributed by atoms with Crippen molar-refractivity contribution in [3.05, 3.63) is 24.4 Å². The third-order valence-corrected chi connectivity index (χ3v) is 5.38. The van der Waals surface area contributed by atoms with Crippen LogP contribution in [0.1, 0.15) is 12.8 Å². The van der Waals surface area contributed by atoms with E-state index in [2.05, 4.69) is 44.0 Å². The Bertz CT molecular complexity index is 400. The van der Waals surface area contributed by atoms with Crippen molar-refractivity contribution in [3.8, 4) is 0 Å². The molecule has 21 heavy (non-hydrogen) atoms. The Morgan fingerprint density at radius 3 is 2.67 bits per heavy atom. The Balaban J connectivity index is 1.34. The van der Waals surface area contributed by atoms with Crippen LogP contribution in [0.3, 0.4) is 0 Å². The van der Waals surface area contributed by atoms with Crippen LogP contribution in [0, 0.1) is 0 Å². The van der Waals surface area contributed by atoms with Crippen LogP contribution in [-0.4, -0.2) is 66.7 Å². The number of nitrogens with zero attached hydrogens (tertiary/aromatic N) is 3. The van der Waals surface area contributed by atoms with Crippen LogP contribution in [0.5, 0.6) is 0 Å². The summed E-state index contributed by atoms with van der Waals surface area (Å²) in [5, 5.41) is 3.75. The Morgan fingerprint density at radius 2 is 1.95 bits per heavy atom. The van der Waals surface area contributed by atoms with Gasteiger partial charge < -0.3 is 15.1 Å². The van der Waals surface area contributed by atoms with Crippen LogP contribution in [0.25, 0.3) is 0 Å². The molecule has 0 radical (unpaired) electrons. The minimum Gasteiger partial charge on any atom is -0.357 e. The molecule has 3 rings (SSSR count). The zero-order valence-corrected chi connectivity index (χ0v) is 13.5. The third-order valence-electron chi connectivity index (χ3n) is 4.43. The van der Waals surface area contributed by atoms with E-state index in [0.717, 1.165) is 25.5 Å². The summed E-state index contributed by atoms with van der Waals surface area (Å²) in [5.41, 5.74) is 0. The largest absolute Gasteiger partial charge is 0.357 e. The number of pyridine rings is 1. The zero-order valence-electron chi connectivity index (χ0n) is 12.7. The van der Waals surface area contributed by atoms with Gasteiger partial charge in [-0.1, -0.05) is 6.07 Å². The summed E-state index contributed by atoms with van der Waals surface area (Å²) in [6, 6.07) is 6.85. The van der Waals surface area contributed by atoms with Gasteiger partial charge >= 0.3 is 0 Å². The Hall–Kier alpha value is -0.780. The lowest BCUT2D eigenvalue weighted by Gasteiger charge is -2.34. The quantitative estimate of drug-likeness (QED) is 0.895. The van der Waals surface area contributed by atoms with Crippen molar-refractivity contribution in [3.63, 3.8) is 0 Å². The van der Waals surface area contributed by atoms with E-state index in [-0.39, 0.29) is 0 Å². The first-order valence-electron chi connectivity index (χ1n) is 8.11. The van der Waals surface area contributed by atoms with Crippen molar-refractivity contribution < 1.29 is 0 Å². The lowest BCUT2D eigenvalue weighted by molar-refractivity contribution is 0.289. The molecular formula is C16H26N4S.